The van der Waals surface area contributed by atoms with Gasteiger partial charge in [-0.15, -0.1) is 0 Å². The summed E-state index contributed by atoms with van der Waals surface area (Å²) in [5.74, 6) is -0.889. The fourth-order valence-electron chi connectivity index (χ4n) is 1.59. The number of amides is 1. The first-order chi connectivity index (χ1) is 8.97. The second-order valence-corrected chi connectivity index (χ2v) is 5.08. The molecular formula is C13H11FIN3O. The summed E-state index contributed by atoms with van der Waals surface area (Å²) in [6.45, 7) is 0. The quantitative estimate of drug-likeness (QED) is 0.573. The summed E-state index contributed by atoms with van der Waals surface area (Å²) in [5.41, 5.74) is 12.9. The van der Waals surface area contributed by atoms with Crippen LogP contribution in [-0.4, -0.2) is 5.91 Å². The van der Waals surface area contributed by atoms with Crippen LogP contribution >= 0.6 is 22.6 Å². The molecule has 0 saturated heterocycles. The number of nitrogens with one attached hydrogen (secondary N) is 1. The molecule has 0 unspecified atom stereocenters. The summed E-state index contributed by atoms with van der Waals surface area (Å²) in [4.78, 5) is 11.2. The molecule has 1 amide bonds. The van der Waals surface area contributed by atoms with Gasteiger partial charge in [-0.3, -0.25) is 4.79 Å². The van der Waals surface area contributed by atoms with Crippen molar-refractivity contribution in [2.24, 2.45) is 5.73 Å². The van der Waals surface area contributed by atoms with Crippen LogP contribution in [0.5, 0.6) is 0 Å². The first-order valence-electron chi connectivity index (χ1n) is 5.39. The molecule has 0 aliphatic carbocycles. The first-order valence-corrected chi connectivity index (χ1v) is 6.46. The van der Waals surface area contributed by atoms with E-state index in [1.165, 1.54) is 12.1 Å². The van der Waals surface area contributed by atoms with Gasteiger partial charge in [-0.05, 0) is 59.0 Å². The highest BCUT2D eigenvalue weighted by Gasteiger charge is 2.08. The fraction of sp³-hybridized carbons (Fsp3) is 0. The maximum absolute atomic E-state index is 13.0. The smallest absolute Gasteiger partial charge is 0.250 e. The third-order valence-electron chi connectivity index (χ3n) is 2.53. The van der Waals surface area contributed by atoms with Gasteiger partial charge in [0.2, 0.25) is 0 Å². The zero-order valence-electron chi connectivity index (χ0n) is 9.78. The Labute approximate surface area is 123 Å². The zero-order chi connectivity index (χ0) is 14.0. The topological polar surface area (TPSA) is 81.1 Å². The van der Waals surface area contributed by atoms with Crippen molar-refractivity contribution in [2.45, 2.75) is 0 Å². The molecule has 0 atom stereocenters. The van der Waals surface area contributed by atoms with E-state index >= 15 is 0 Å². The standard InChI is InChI=1S/C13H11FIN3O/c14-7-1-4-12(10(15)5-7)18-8-2-3-11(16)9(6-8)13(17)19/h1-6,18H,16H2,(H2,17,19). The third-order valence-corrected chi connectivity index (χ3v) is 3.42. The fourth-order valence-corrected chi connectivity index (χ4v) is 2.21. The second kappa shape index (κ2) is 5.43. The average molecular weight is 371 g/mol. The van der Waals surface area contributed by atoms with Crippen molar-refractivity contribution in [2.75, 3.05) is 11.1 Å². The summed E-state index contributed by atoms with van der Waals surface area (Å²) in [6, 6.07) is 9.28. The molecular weight excluding hydrogens is 360 g/mol. The van der Waals surface area contributed by atoms with E-state index in [1.807, 2.05) is 22.6 Å². The second-order valence-electron chi connectivity index (χ2n) is 3.92. The predicted octanol–water partition coefficient (Wildman–Crippen LogP) is 2.86. The van der Waals surface area contributed by atoms with Crippen LogP contribution in [-0.2, 0) is 0 Å². The number of primary amides is 1. The van der Waals surface area contributed by atoms with Gasteiger partial charge < -0.3 is 16.8 Å². The molecule has 0 bridgehead atoms. The molecule has 6 heteroatoms. The van der Waals surface area contributed by atoms with Crippen LogP contribution in [0.4, 0.5) is 21.5 Å². The van der Waals surface area contributed by atoms with Gasteiger partial charge in [0, 0.05) is 14.9 Å². The molecule has 2 aromatic carbocycles. The number of rotatable bonds is 3. The van der Waals surface area contributed by atoms with Crippen LogP contribution in [0.3, 0.4) is 0 Å². The Morgan fingerprint density at radius 1 is 1.21 bits per heavy atom. The molecule has 0 aliphatic rings. The van der Waals surface area contributed by atoms with Gasteiger partial charge in [0.25, 0.3) is 5.91 Å². The van der Waals surface area contributed by atoms with Crippen LogP contribution in [0, 0.1) is 9.39 Å². The number of carbonyl (C=O) groups excluding carboxylic acids is 1. The molecule has 98 valence electrons. The Balaban J connectivity index is 2.33. The molecule has 2 rings (SSSR count). The monoisotopic (exact) mass is 371 g/mol. The summed E-state index contributed by atoms with van der Waals surface area (Å²) in [5, 5.41) is 3.08. The van der Waals surface area contributed by atoms with E-state index in [2.05, 4.69) is 5.32 Å². The van der Waals surface area contributed by atoms with Gasteiger partial charge in [-0.2, -0.15) is 0 Å². The molecule has 0 saturated carbocycles. The molecule has 19 heavy (non-hydrogen) atoms. The van der Waals surface area contributed by atoms with Gasteiger partial charge in [0.05, 0.1) is 11.3 Å². The first kappa shape index (κ1) is 13.6. The molecule has 4 nitrogen and oxygen atoms in total. The maximum Gasteiger partial charge on any atom is 0.250 e. The lowest BCUT2D eigenvalue weighted by molar-refractivity contribution is 0.100. The van der Waals surface area contributed by atoms with Crippen LogP contribution in [0.15, 0.2) is 36.4 Å². The lowest BCUT2D eigenvalue weighted by atomic mass is 10.1. The number of halogens is 2. The van der Waals surface area contributed by atoms with Gasteiger partial charge in [0.15, 0.2) is 0 Å². The normalized spacial score (nSPS) is 10.2. The zero-order valence-corrected chi connectivity index (χ0v) is 11.9. The van der Waals surface area contributed by atoms with E-state index in [4.69, 9.17) is 11.5 Å². The lowest BCUT2D eigenvalue weighted by Crippen LogP contribution is -2.13. The highest BCUT2D eigenvalue weighted by atomic mass is 127. The Kier molecular flexibility index (Phi) is 3.89. The van der Waals surface area contributed by atoms with E-state index in [9.17, 15) is 9.18 Å². The Bertz CT molecular complexity index is 646. The van der Waals surface area contributed by atoms with Crippen LogP contribution in [0.2, 0.25) is 0 Å². The van der Waals surface area contributed by atoms with E-state index in [-0.39, 0.29) is 11.4 Å². The summed E-state index contributed by atoms with van der Waals surface area (Å²) < 4.78 is 13.7. The molecule has 0 heterocycles. The summed E-state index contributed by atoms with van der Waals surface area (Å²) in [6.07, 6.45) is 0. The predicted molar refractivity (Wildman–Crippen MR) is 81.8 cm³/mol. The number of anilines is 3. The van der Waals surface area contributed by atoms with Crippen molar-refractivity contribution in [1.82, 2.24) is 0 Å². The minimum Gasteiger partial charge on any atom is -0.398 e. The Morgan fingerprint density at radius 2 is 1.95 bits per heavy atom. The number of nitrogens with two attached hydrogens (primary N) is 2. The van der Waals surface area contributed by atoms with E-state index < -0.39 is 5.91 Å². The molecule has 5 N–H and O–H groups in total. The Morgan fingerprint density at radius 3 is 2.58 bits per heavy atom. The summed E-state index contributed by atoms with van der Waals surface area (Å²) in [7, 11) is 0. The van der Waals surface area contributed by atoms with Crippen molar-refractivity contribution >= 4 is 45.6 Å². The van der Waals surface area contributed by atoms with E-state index in [0.717, 1.165) is 9.26 Å². The van der Waals surface area contributed by atoms with Crippen molar-refractivity contribution in [1.29, 1.82) is 0 Å². The SMILES string of the molecule is NC(=O)c1cc(Nc2ccc(F)cc2I)ccc1N. The van der Waals surface area contributed by atoms with E-state index in [1.54, 1.807) is 24.3 Å². The van der Waals surface area contributed by atoms with Crippen LogP contribution < -0.4 is 16.8 Å². The molecule has 0 aromatic heterocycles. The molecule has 0 aliphatic heterocycles. The number of benzene rings is 2. The van der Waals surface area contributed by atoms with E-state index in [0.29, 0.717) is 11.4 Å². The molecule has 0 fully saturated rings. The minimum absolute atomic E-state index is 0.252. The minimum atomic E-state index is -0.588. The number of hydrogen-bond donors (Lipinski definition) is 3. The highest BCUT2D eigenvalue weighted by Crippen LogP contribution is 2.25. The van der Waals surface area contributed by atoms with Crippen LogP contribution in [0.25, 0.3) is 0 Å². The van der Waals surface area contributed by atoms with Gasteiger partial charge >= 0.3 is 0 Å². The summed E-state index contributed by atoms with van der Waals surface area (Å²) >= 11 is 2.02. The highest BCUT2D eigenvalue weighted by molar-refractivity contribution is 14.1. The van der Waals surface area contributed by atoms with Crippen molar-refractivity contribution in [3.8, 4) is 0 Å². The van der Waals surface area contributed by atoms with Crippen molar-refractivity contribution in [3.05, 3.63) is 51.3 Å². The van der Waals surface area contributed by atoms with Gasteiger partial charge in [0.1, 0.15) is 5.82 Å². The van der Waals surface area contributed by atoms with Gasteiger partial charge in [-0.25, -0.2) is 4.39 Å². The number of hydrogen-bond acceptors (Lipinski definition) is 3. The largest absolute Gasteiger partial charge is 0.398 e. The molecule has 2 aromatic rings. The van der Waals surface area contributed by atoms with Gasteiger partial charge in [-0.1, -0.05) is 0 Å². The third kappa shape index (κ3) is 3.14. The molecule has 0 radical (unpaired) electrons. The molecule has 0 spiro atoms. The van der Waals surface area contributed by atoms with Crippen molar-refractivity contribution < 1.29 is 9.18 Å². The maximum atomic E-state index is 13.0. The number of nitrogen functional groups attached to an aromatic ring is 1. The lowest BCUT2D eigenvalue weighted by Gasteiger charge is -2.10. The Hall–Kier alpha value is -1.83. The van der Waals surface area contributed by atoms with Crippen LogP contribution in [0.1, 0.15) is 10.4 Å². The van der Waals surface area contributed by atoms with Crippen molar-refractivity contribution in [3.63, 3.8) is 0 Å². The number of carbonyl (C=O) groups is 1. The average Bonchev–Trinajstić information content (AvgIpc) is 2.34.